The topological polar surface area (TPSA) is 108 Å². The number of carbonyl (C=O) groups is 1. The van der Waals surface area contributed by atoms with Crippen LogP contribution < -0.4 is 5.11 Å². The monoisotopic (exact) mass is 439 g/mol. The zero-order valence-electron chi connectivity index (χ0n) is 18.7. The molecule has 2 N–H and O–H groups in total. The maximum atomic E-state index is 12.3. The molecule has 8 nitrogen and oxygen atoms in total. The Morgan fingerprint density at radius 3 is 1.79 bits per heavy atom. The van der Waals surface area contributed by atoms with Crippen LogP contribution in [0.3, 0.4) is 0 Å². The number of carboxylic acid groups (broad SMARTS) is 1. The van der Waals surface area contributed by atoms with E-state index in [-0.39, 0.29) is 4.48 Å². The van der Waals surface area contributed by atoms with Crippen molar-refractivity contribution in [1.29, 1.82) is 0 Å². The molecule has 0 aliphatic heterocycles. The van der Waals surface area contributed by atoms with Gasteiger partial charge in [-0.05, 0) is 12.8 Å². The van der Waals surface area contributed by atoms with Gasteiger partial charge in [-0.25, -0.2) is 0 Å². The van der Waals surface area contributed by atoms with Crippen LogP contribution in [0.1, 0.15) is 70.6 Å². The van der Waals surface area contributed by atoms with E-state index in [0.29, 0.717) is 6.61 Å². The SMILES string of the molecule is COCCCCCCCCCCCCOP(O)OC(CC(=O)O)C([O-])[N+](C)(C)C. The number of carboxylic acids is 1. The fourth-order valence-electron chi connectivity index (χ4n) is 2.91. The highest BCUT2D eigenvalue weighted by molar-refractivity contribution is 7.40. The van der Waals surface area contributed by atoms with Gasteiger partial charge in [0.25, 0.3) is 0 Å². The van der Waals surface area contributed by atoms with Crippen LogP contribution in [0.15, 0.2) is 0 Å². The molecule has 0 aromatic rings. The van der Waals surface area contributed by atoms with Crippen LogP contribution in [0.2, 0.25) is 0 Å². The van der Waals surface area contributed by atoms with E-state index in [1.54, 1.807) is 28.3 Å². The van der Waals surface area contributed by atoms with Gasteiger partial charge in [-0.3, -0.25) is 4.79 Å². The molecule has 0 aromatic carbocycles. The molecule has 0 spiro atoms. The Morgan fingerprint density at radius 1 is 0.931 bits per heavy atom. The third-order valence-corrected chi connectivity index (χ3v) is 5.48. The Kier molecular flexibility index (Phi) is 17.1. The summed E-state index contributed by atoms with van der Waals surface area (Å²) in [6.45, 7) is 1.20. The molecule has 0 saturated carbocycles. The number of likely N-dealkylation sites (N-methyl/N-ethyl adjacent to an activating group) is 1. The van der Waals surface area contributed by atoms with Crippen molar-refractivity contribution < 1.29 is 38.2 Å². The van der Waals surface area contributed by atoms with E-state index in [4.69, 9.17) is 18.9 Å². The standard InChI is InChI=1S/C20H42NO7P/c1-21(2,3)20(24)18(17-19(22)23)28-29(25)27-16-14-12-10-8-6-5-7-9-11-13-15-26-4/h18,20,25H,5-17H2,1-4H3,(H,22,23). The van der Waals surface area contributed by atoms with E-state index in [0.717, 1.165) is 32.3 Å². The number of rotatable bonds is 20. The van der Waals surface area contributed by atoms with E-state index in [2.05, 4.69) is 0 Å². The summed E-state index contributed by atoms with van der Waals surface area (Å²) >= 11 is 0. The lowest BCUT2D eigenvalue weighted by Gasteiger charge is -2.42. The van der Waals surface area contributed by atoms with E-state index >= 15 is 0 Å². The van der Waals surface area contributed by atoms with Crippen LogP contribution in [-0.4, -0.2) is 74.3 Å². The summed E-state index contributed by atoms with van der Waals surface area (Å²) < 4.78 is 15.5. The Morgan fingerprint density at radius 2 is 1.38 bits per heavy atom. The predicted molar refractivity (Wildman–Crippen MR) is 112 cm³/mol. The molecule has 0 bridgehead atoms. The van der Waals surface area contributed by atoms with Crippen molar-refractivity contribution in [3.63, 3.8) is 0 Å². The number of hydrogen-bond acceptors (Lipinski definition) is 6. The molecular formula is C20H42NO7P. The van der Waals surface area contributed by atoms with E-state index < -0.39 is 33.3 Å². The lowest BCUT2D eigenvalue weighted by molar-refractivity contribution is -0.973. The Hall–Kier alpha value is -0.340. The largest absolute Gasteiger partial charge is 0.804 e. The highest BCUT2D eigenvalue weighted by Crippen LogP contribution is 2.36. The van der Waals surface area contributed by atoms with Gasteiger partial charge < -0.3 is 33.4 Å². The van der Waals surface area contributed by atoms with Gasteiger partial charge in [-0.15, -0.1) is 0 Å². The van der Waals surface area contributed by atoms with Gasteiger partial charge in [0.2, 0.25) is 0 Å². The van der Waals surface area contributed by atoms with Crippen LogP contribution >= 0.6 is 8.60 Å². The zero-order chi connectivity index (χ0) is 22.1. The first-order valence-electron chi connectivity index (χ1n) is 10.6. The van der Waals surface area contributed by atoms with Gasteiger partial charge in [0.1, 0.15) is 6.10 Å². The number of unbranched alkanes of at least 4 members (excludes halogenated alkanes) is 9. The first kappa shape index (κ1) is 28.7. The van der Waals surface area contributed by atoms with Crippen molar-refractivity contribution in [1.82, 2.24) is 0 Å². The third kappa shape index (κ3) is 17.1. The first-order chi connectivity index (χ1) is 13.7. The summed E-state index contributed by atoms with van der Waals surface area (Å²) in [5.41, 5.74) is 0. The van der Waals surface area contributed by atoms with Crippen LogP contribution in [0.25, 0.3) is 0 Å². The molecule has 0 aromatic heterocycles. The molecule has 3 atom stereocenters. The van der Waals surface area contributed by atoms with Crippen molar-refractivity contribution >= 4 is 14.6 Å². The van der Waals surface area contributed by atoms with E-state index in [9.17, 15) is 14.8 Å². The molecule has 0 saturated heterocycles. The van der Waals surface area contributed by atoms with Gasteiger partial charge in [0.05, 0.1) is 34.2 Å². The van der Waals surface area contributed by atoms with E-state index in [1.807, 2.05) is 0 Å². The van der Waals surface area contributed by atoms with Crippen molar-refractivity contribution in [2.45, 2.75) is 83.0 Å². The van der Waals surface area contributed by atoms with Crippen molar-refractivity contribution in [3.05, 3.63) is 0 Å². The van der Waals surface area contributed by atoms with Crippen molar-refractivity contribution in [2.75, 3.05) is 41.5 Å². The number of ether oxygens (including phenoxy) is 1. The second-order valence-electron chi connectivity index (χ2n) is 8.35. The number of hydrogen-bond donors (Lipinski definition) is 2. The molecule has 0 rings (SSSR count). The molecule has 3 unspecified atom stereocenters. The summed E-state index contributed by atoms with van der Waals surface area (Å²) in [6.07, 6.45) is 8.68. The van der Waals surface area contributed by atoms with Gasteiger partial charge in [0, 0.05) is 19.9 Å². The maximum absolute atomic E-state index is 12.3. The van der Waals surface area contributed by atoms with Gasteiger partial charge in [0.15, 0.2) is 0 Å². The average molecular weight is 440 g/mol. The van der Waals surface area contributed by atoms with Gasteiger partial charge >= 0.3 is 14.6 Å². The molecular weight excluding hydrogens is 397 g/mol. The molecule has 0 aliphatic rings. The normalized spacial score (nSPS) is 15.2. The lowest BCUT2D eigenvalue weighted by atomic mass is 10.1. The number of quaternary nitrogens is 1. The third-order valence-electron chi connectivity index (χ3n) is 4.63. The van der Waals surface area contributed by atoms with Crippen LogP contribution in [-0.2, 0) is 18.6 Å². The molecule has 9 heteroatoms. The Labute approximate surface area is 177 Å². The second-order valence-corrected chi connectivity index (χ2v) is 9.29. The van der Waals surface area contributed by atoms with Crippen molar-refractivity contribution in [3.8, 4) is 0 Å². The van der Waals surface area contributed by atoms with Crippen LogP contribution in [0.4, 0.5) is 0 Å². The first-order valence-corrected chi connectivity index (χ1v) is 11.8. The molecule has 29 heavy (non-hydrogen) atoms. The molecule has 0 fully saturated rings. The summed E-state index contributed by atoms with van der Waals surface area (Å²) in [6, 6.07) is 0. The number of methoxy groups -OCH3 is 1. The summed E-state index contributed by atoms with van der Waals surface area (Å²) in [5.74, 6) is -1.14. The smallest absolute Gasteiger partial charge is 0.330 e. The molecule has 0 aliphatic carbocycles. The molecule has 0 amide bonds. The predicted octanol–water partition coefficient (Wildman–Crippen LogP) is 3.02. The minimum atomic E-state index is -2.25. The summed E-state index contributed by atoms with van der Waals surface area (Å²) in [5, 5.41) is 21.3. The maximum Gasteiger partial charge on any atom is 0.330 e. The molecule has 0 heterocycles. The number of aliphatic carboxylic acids is 1. The van der Waals surface area contributed by atoms with Crippen LogP contribution in [0, 0.1) is 0 Å². The minimum Gasteiger partial charge on any atom is -0.804 e. The summed E-state index contributed by atoms with van der Waals surface area (Å²) in [4.78, 5) is 20.9. The second kappa shape index (κ2) is 17.4. The Balaban J connectivity index is 3.76. The van der Waals surface area contributed by atoms with Gasteiger partial charge in [-0.1, -0.05) is 51.4 Å². The van der Waals surface area contributed by atoms with Gasteiger partial charge in [-0.2, -0.15) is 0 Å². The highest BCUT2D eigenvalue weighted by Gasteiger charge is 2.29. The minimum absolute atomic E-state index is 0.00568. The summed E-state index contributed by atoms with van der Waals surface area (Å²) in [7, 11) is 4.48. The quantitative estimate of drug-likeness (QED) is 0.130. The lowest BCUT2D eigenvalue weighted by Crippen LogP contribution is -2.60. The fraction of sp³-hybridized carbons (Fsp3) is 0.950. The molecule has 0 radical (unpaired) electrons. The number of nitrogens with zero attached hydrogens (tertiary/aromatic N) is 1. The Bertz CT molecular complexity index is 407. The van der Waals surface area contributed by atoms with E-state index in [1.165, 1.54) is 38.5 Å². The van der Waals surface area contributed by atoms with Crippen molar-refractivity contribution in [2.24, 2.45) is 0 Å². The fourth-order valence-corrected chi connectivity index (χ4v) is 3.67. The zero-order valence-corrected chi connectivity index (χ0v) is 19.6. The van der Waals surface area contributed by atoms with Crippen LogP contribution in [0.5, 0.6) is 0 Å². The molecule has 174 valence electrons. The highest BCUT2D eigenvalue weighted by atomic mass is 31.2. The average Bonchev–Trinajstić information content (AvgIpc) is 2.63.